The lowest BCUT2D eigenvalue weighted by Gasteiger charge is -2.36. The minimum Gasteiger partial charge on any atom is -0.493 e. The Balaban J connectivity index is 1.29. The quantitative estimate of drug-likeness (QED) is 0.429. The number of amides is 2. The van der Waals surface area contributed by atoms with Gasteiger partial charge in [-0.25, -0.2) is 0 Å². The number of hydrogen-bond acceptors (Lipinski definition) is 8. The van der Waals surface area contributed by atoms with E-state index in [1.165, 1.54) is 4.90 Å². The standard InChI is InChI=1S/C27H29N3O5S/c1-33-22-13-19(14-23(34-2)25(22)35-3)15-28-8-10-29(11-9-28)21-6-4-5-20-24(21)27(32)30(26(20)31)16-18-7-12-36-17-18/h4-7,12-14,17H,8-11,15-16H2,1-3H3. The summed E-state index contributed by atoms with van der Waals surface area (Å²) in [6, 6.07) is 11.5. The molecule has 2 aromatic carbocycles. The first kappa shape index (κ1) is 24.1. The molecular weight excluding hydrogens is 478 g/mol. The van der Waals surface area contributed by atoms with Crippen molar-refractivity contribution in [3.8, 4) is 17.2 Å². The van der Waals surface area contributed by atoms with Crippen molar-refractivity contribution in [3.05, 3.63) is 69.4 Å². The normalized spacial score (nSPS) is 15.9. The summed E-state index contributed by atoms with van der Waals surface area (Å²) in [7, 11) is 4.83. The molecule has 0 aliphatic carbocycles. The molecule has 5 rings (SSSR count). The van der Waals surface area contributed by atoms with Crippen LogP contribution in [-0.2, 0) is 13.1 Å². The topological polar surface area (TPSA) is 71.6 Å². The molecular formula is C27H29N3O5S. The minimum atomic E-state index is -0.218. The van der Waals surface area contributed by atoms with E-state index < -0.39 is 0 Å². The minimum absolute atomic E-state index is 0.211. The van der Waals surface area contributed by atoms with Crippen LogP contribution in [0.5, 0.6) is 17.2 Å². The maximum Gasteiger partial charge on any atom is 0.263 e. The van der Waals surface area contributed by atoms with Crippen LogP contribution in [0.25, 0.3) is 0 Å². The monoisotopic (exact) mass is 507 g/mol. The van der Waals surface area contributed by atoms with Gasteiger partial charge in [0.15, 0.2) is 11.5 Å². The molecule has 0 N–H and O–H groups in total. The third-order valence-corrected chi connectivity index (χ3v) is 7.47. The van der Waals surface area contributed by atoms with Crippen molar-refractivity contribution in [2.24, 2.45) is 0 Å². The summed E-state index contributed by atoms with van der Waals surface area (Å²) in [5, 5.41) is 3.92. The Morgan fingerprint density at radius 1 is 0.833 bits per heavy atom. The van der Waals surface area contributed by atoms with E-state index >= 15 is 0 Å². The Labute approximate surface area is 214 Å². The second-order valence-corrected chi connectivity index (χ2v) is 9.60. The number of carbonyl (C=O) groups is 2. The number of hydrogen-bond donors (Lipinski definition) is 0. The predicted octanol–water partition coefficient (Wildman–Crippen LogP) is 3.89. The van der Waals surface area contributed by atoms with Crippen LogP contribution < -0.4 is 19.1 Å². The second-order valence-electron chi connectivity index (χ2n) is 8.82. The van der Waals surface area contributed by atoms with Gasteiger partial charge in [0.25, 0.3) is 11.8 Å². The van der Waals surface area contributed by atoms with E-state index in [-0.39, 0.29) is 11.8 Å². The molecule has 0 bridgehead atoms. The first-order chi connectivity index (χ1) is 17.5. The summed E-state index contributed by atoms with van der Waals surface area (Å²) in [5.41, 5.74) is 3.90. The van der Waals surface area contributed by atoms with Gasteiger partial charge in [-0.2, -0.15) is 11.3 Å². The van der Waals surface area contributed by atoms with Crippen molar-refractivity contribution in [1.29, 1.82) is 0 Å². The van der Waals surface area contributed by atoms with E-state index in [2.05, 4.69) is 9.80 Å². The molecule has 3 heterocycles. The van der Waals surface area contributed by atoms with Crippen molar-refractivity contribution in [3.63, 3.8) is 0 Å². The summed E-state index contributed by atoms with van der Waals surface area (Å²) in [6.45, 7) is 4.20. The van der Waals surface area contributed by atoms with Crippen LogP contribution in [0, 0.1) is 0 Å². The highest BCUT2D eigenvalue weighted by molar-refractivity contribution is 7.07. The van der Waals surface area contributed by atoms with E-state index in [0.717, 1.165) is 49.5 Å². The maximum absolute atomic E-state index is 13.3. The molecule has 36 heavy (non-hydrogen) atoms. The first-order valence-corrected chi connectivity index (χ1v) is 12.7. The van der Waals surface area contributed by atoms with E-state index in [9.17, 15) is 9.59 Å². The van der Waals surface area contributed by atoms with Gasteiger partial charge < -0.3 is 19.1 Å². The lowest BCUT2D eigenvalue weighted by Crippen LogP contribution is -2.46. The van der Waals surface area contributed by atoms with Crippen LogP contribution in [0.15, 0.2) is 47.2 Å². The van der Waals surface area contributed by atoms with E-state index in [1.54, 1.807) is 38.7 Å². The summed E-state index contributed by atoms with van der Waals surface area (Å²) in [4.78, 5) is 32.3. The molecule has 0 atom stereocenters. The predicted molar refractivity (Wildman–Crippen MR) is 139 cm³/mol. The molecule has 3 aromatic rings. The van der Waals surface area contributed by atoms with Crippen LogP contribution in [0.3, 0.4) is 0 Å². The first-order valence-electron chi connectivity index (χ1n) is 11.8. The smallest absolute Gasteiger partial charge is 0.263 e. The molecule has 1 saturated heterocycles. The molecule has 0 spiro atoms. The fourth-order valence-electron chi connectivity index (χ4n) is 4.92. The van der Waals surface area contributed by atoms with Crippen molar-refractivity contribution in [1.82, 2.24) is 9.80 Å². The zero-order chi connectivity index (χ0) is 25.2. The number of ether oxygens (including phenoxy) is 3. The fraction of sp³-hybridized carbons (Fsp3) is 0.333. The van der Waals surface area contributed by atoms with E-state index in [0.29, 0.717) is 34.9 Å². The molecule has 2 amide bonds. The van der Waals surface area contributed by atoms with E-state index in [1.807, 2.05) is 41.1 Å². The van der Waals surface area contributed by atoms with Crippen LogP contribution >= 0.6 is 11.3 Å². The van der Waals surface area contributed by atoms with Gasteiger partial charge in [0.05, 0.1) is 44.7 Å². The SMILES string of the molecule is COc1cc(CN2CCN(c3cccc4c3C(=O)N(Cc3ccsc3)C4=O)CC2)cc(OC)c1OC. The molecule has 1 fully saturated rings. The highest BCUT2D eigenvalue weighted by Crippen LogP contribution is 2.39. The van der Waals surface area contributed by atoms with E-state index in [4.69, 9.17) is 14.2 Å². The lowest BCUT2D eigenvalue weighted by molar-refractivity contribution is 0.0642. The van der Waals surface area contributed by atoms with Crippen LogP contribution in [-0.4, -0.2) is 69.1 Å². The number of fused-ring (bicyclic) bond motifs is 1. The van der Waals surface area contributed by atoms with Crippen molar-refractivity contribution >= 4 is 28.8 Å². The van der Waals surface area contributed by atoms with Crippen molar-refractivity contribution < 1.29 is 23.8 Å². The van der Waals surface area contributed by atoms with Crippen LogP contribution in [0.4, 0.5) is 5.69 Å². The Morgan fingerprint density at radius 3 is 2.17 bits per heavy atom. The summed E-state index contributed by atoms with van der Waals surface area (Å²) >= 11 is 1.56. The highest BCUT2D eigenvalue weighted by Gasteiger charge is 2.38. The number of nitrogens with zero attached hydrogens (tertiary/aromatic N) is 3. The number of methoxy groups -OCH3 is 3. The van der Waals surface area contributed by atoms with Gasteiger partial charge in [0.2, 0.25) is 5.75 Å². The third-order valence-electron chi connectivity index (χ3n) is 6.74. The third kappa shape index (κ3) is 4.40. The highest BCUT2D eigenvalue weighted by atomic mass is 32.1. The number of rotatable bonds is 8. The largest absolute Gasteiger partial charge is 0.493 e. The van der Waals surface area contributed by atoms with Gasteiger partial charge in [0, 0.05) is 32.7 Å². The van der Waals surface area contributed by atoms with Gasteiger partial charge >= 0.3 is 0 Å². The molecule has 0 saturated carbocycles. The van der Waals surface area contributed by atoms with Gasteiger partial charge in [0.1, 0.15) is 0 Å². The average Bonchev–Trinajstić information content (AvgIpc) is 3.51. The summed E-state index contributed by atoms with van der Waals surface area (Å²) in [5.74, 6) is 1.43. The van der Waals surface area contributed by atoms with Gasteiger partial charge in [-0.1, -0.05) is 6.07 Å². The fourth-order valence-corrected chi connectivity index (χ4v) is 5.58. The number of carbonyl (C=O) groups excluding carboxylic acids is 2. The average molecular weight is 508 g/mol. The Kier molecular flexibility index (Phi) is 6.84. The molecule has 2 aliphatic rings. The second kappa shape index (κ2) is 10.2. The summed E-state index contributed by atoms with van der Waals surface area (Å²) in [6.07, 6.45) is 0. The molecule has 9 heteroatoms. The zero-order valence-corrected chi connectivity index (χ0v) is 21.5. The Bertz CT molecular complexity index is 1240. The number of benzene rings is 2. The van der Waals surface area contributed by atoms with Gasteiger partial charge in [-0.3, -0.25) is 19.4 Å². The van der Waals surface area contributed by atoms with Crippen molar-refractivity contribution in [2.45, 2.75) is 13.1 Å². The number of imide groups is 1. The Morgan fingerprint density at radius 2 is 1.56 bits per heavy atom. The molecule has 1 aromatic heterocycles. The molecule has 8 nitrogen and oxygen atoms in total. The lowest BCUT2D eigenvalue weighted by atomic mass is 10.1. The van der Waals surface area contributed by atoms with Gasteiger partial charge in [-0.05, 0) is 52.2 Å². The zero-order valence-electron chi connectivity index (χ0n) is 20.7. The molecule has 188 valence electrons. The number of anilines is 1. The molecule has 0 radical (unpaired) electrons. The summed E-state index contributed by atoms with van der Waals surface area (Å²) < 4.78 is 16.4. The number of thiophene rings is 1. The van der Waals surface area contributed by atoms with Crippen molar-refractivity contribution in [2.75, 3.05) is 52.4 Å². The molecule has 0 unspecified atom stereocenters. The van der Waals surface area contributed by atoms with Crippen LogP contribution in [0.2, 0.25) is 0 Å². The molecule has 2 aliphatic heterocycles. The Hall–Kier alpha value is -3.56. The van der Waals surface area contributed by atoms with Gasteiger partial charge in [-0.15, -0.1) is 0 Å². The maximum atomic E-state index is 13.3. The number of piperazine rings is 1. The van der Waals surface area contributed by atoms with Crippen LogP contribution in [0.1, 0.15) is 31.8 Å².